The van der Waals surface area contributed by atoms with E-state index in [9.17, 15) is 14.4 Å². The lowest BCUT2D eigenvalue weighted by molar-refractivity contribution is -0.139. The predicted molar refractivity (Wildman–Crippen MR) is 138 cm³/mol. The first-order valence-electron chi connectivity index (χ1n) is 11.6. The van der Waals surface area contributed by atoms with Gasteiger partial charge in [0.2, 0.25) is 0 Å². The van der Waals surface area contributed by atoms with Crippen LogP contribution in [0.25, 0.3) is 0 Å². The molecule has 2 aromatic rings. The molecule has 0 radical (unpaired) electrons. The van der Waals surface area contributed by atoms with E-state index < -0.39 is 11.8 Å². The van der Waals surface area contributed by atoms with Crippen molar-refractivity contribution in [2.45, 2.75) is 34.1 Å². The molecular formula is C26H34N4O6. The van der Waals surface area contributed by atoms with Crippen molar-refractivity contribution in [3.8, 4) is 11.5 Å². The Kier molecular flexibility index (Phi) is 11.4. The maximum absolute atomic E-state index is 12.5. The van der Waals surface area contributed by atoms with Crippen molar-refractivity contribution in [3.05, 3.63) is 52.6 Å². The van der Waals surface area contributed by atoms with Crippen LogP contribution in [0.5, 0.6) is 11.5 Å². The Morgan fingerprint density at radius 1 is 0.972 bits per heavy atom. The van der Waals surface area contributed by atoms with E-state index in [0.29, 0.717) is 43.2 Å². The van der Waals surface area contributed by atoms with Crippen molar-refractivity contribution in [1.29, 1.82) is 0 Å². The minimum absolute atomic E-state index is 0.199. The Bertz CT molecular complexity index is 1080. The number of amides is 3. The lowest BCUT2D eigenvalue weighted by atomic mass is 10.1. The Labute approximate surface area is 211 Å². The number of hydrogen-bond acceptors (Lipinski definition) is 7. The SMILES string of the molecule is CCOc1cc(/C=N\NC(=O)C(=O)NCCCOC)ccc1OCC(=O)Nc1c(C)cc(C)cc1C. The van der Waals surface area contributed by atoms with E-state index in [4.69, 9.17) is 14.2 Å². The molecule has 2 rings (SSSR count). The lowest BCUT2D eigenvalue weighted by Gasteiger charge is -2.15. The van der Waals surface area contributed by atoms with Crippen molar-refractivity contribution in [2.24, 2.45) is 5.10 Å². The summed E-state index contributed by atoms with van der Waals surface area (Å²) >= 11 is 0. The summed E-state index contributed by atoms with van der Waals surface area (Å²) in [7, 11) is 1.56. The molecule has 0 spiro atoms. The Balaban J connectivity index is 1.95. The third-order valence-corrected chi connectivity index (χ3v) is 4.96. The highest BCUT2D eigenvalue weighted by Crippen LogP contribution is 2.28. The topological polar surface area (TPSA) is 127 Å². The van der Waals surface area contributed by atoms with E-state index in [0.717, 1.165) is 22.4 Å². The number of benzene rings is 2. The Morgan fingerprint density at radius 2 is 1.69 bits per heavy atom. The molecule has 0 aliphatic carbocycles. The summed E-state index contributed by atoms with van der Waals surface area (Å²) in [6.07, 6.45) is 1.97. The van der Waals surface area contributed by atoms with Crippen molar-refractivity contribution in [1.82, 2.24) is 10.7 Å². The van der Waals surface area contributed by atoms with Crippen LogP contribution in [0, 0.1) is 20.8 Å². The maximum atomic E-state index is 12.5. The summed E-state index contributed by atoms with van der Waals surface area (Å²) in [6.45, 7) is 8.72. The highest BCUT2D eigenvalue weighted by atomic mass is 16.5. The number of carbonyl (C=O) groups is 3. The summed E-state index contributed by atoms with van der Waals surface area (Å²) in [6, 6.07) is 9.01. The molecule has 3 amide bonds. The van der Waals surface area contributed by atoms with Crippen LogP contribution in [0.15, 0.2) is 35.4 Å². The van der Waals surface area contributed by atoms with Gasteiger partial charge in [0, 0.05) is 25.9 Å². The average molecular weight is 499 g/mol. The molecule has 0 aliphatic heterocycles. The van der Waals surface area contributed by atoms with Gasteiger partial charge >= 0.3 is 11.8 Å². The number of hydrogen-bond donors (Lipinski definition) is 3. The first-order valence-corrected chi connectivity index (χ1v) is 11.6. The zero-order valence-electron chi connectivity index (χ0n) is 21.4. The number of nitrogens with one attached hydrogen (secondary N) is 3. The first kappa shape index (κ1) is 28.3. The van der Waals surface area contributed by atoms with Crippen LogP contribution in [0.4, 0.5) is 5.69 Å². The van der Waals surface area contributed by atoms with Crippen molar-refractivity contribution in [2.75, 3.05) is 38.8 Å². The second-order valence-electron chi connectivity index (χ2n) is 8.05. The molecule has 0 fully saturated rings. The molecular weight excluding hydrogens is 464 g/mol. The number of methoxy groups -OCH3 is 1. The van der Waals surface area contributed by atoms with Crippen LogP contribution in [-0.4, -0.2) is 57.4 Å². The molecule has 0 aromatic heterocycles. The molecule has 0 saturated heterocycles. The molecule has 3 N–H and O–H groups in total. The molecule has 10 nitrogen and oxygen atoms in total. The van der Waals surface area contributed by atoms with Gasteiger partial charge in [0.05, 0.1) is 12.8 Å². The normalized spacial score (nSPS) is 10.7. The number of carbonyl (C=O) groups excluding carboxylic acids is 3. The third kappa shape index (κ3) is 9.03. The van der Waals surface area contributed by atoms with Crippen LogP contribution in [0.1, 0.15) is 35.6 Å². The zero-order chi connectivity index (χ0) is 26.5. The van der Waals surface area contributed by atoms with Crippen LogP contribution in [0.2, 0.25) is 0 Å². The van der Waals surface area contributed by atoms with E-state index in [1.807, 2.05) is 39.8 Å². The monoisotopic (exact) mass is 498 g/mol. The van der Waals surface area contributed by atoms with Gasteiger partial charge in [-0.05, 0) is 69.0 Å². The minimum atomic E-state index is -0.876. The van der Waals surface area contributed by atoms with Crippen molar-refractivity contribution in [3.63, 3.8) is 0 Å². The van der Waals surface area contributed by atoms with Gasteiger partial charge in [-0.15, -0.1) is 0 Å². The van der Waals surface area contributed by atoms with Crippen LogP contribution < -0.4 is 25.5 Å². The smallest absolute Gasteiger partial charge is 0.329 e. The van der Waals surface area contributed by atoms with Crippen LogP contribution >= 0.6 is 0 Å². The molecule has 0 atom stereocenters. The Hall–Kier alpha value is -3.92. The van der Waals surface area contributed by atoms with E-state index in [2.05, 4.69) is 21.2 Å². The molecule has 0 bridgehead atoms. The van der Waals surface area contributed by atoms with Crippen molar-refractivity contribution < 1.29 is 28.6 Å². The Morgan fingerprint density at radius 3 is 2.36 bits per heavy atom. The summed E-state index contributed by atoms with van der Waals surface area (Å²) in [5.41, 5.74) is 6.64. The van der Waals surface area contributed by atoms with Gasteiger partial charge in [0.15, 0.2) is 18.1 Å². The number of rotatable bonds is 12. The minimum Gasteiger partial charge on any atom is -0.490 e. The summed E-state index contributed by atoms with van der Waals surface area (Å²) < 4.78 is 16.2. The summed E-state index contributed by atoms with van der Waals surface area (Å²) in [5.74, 6) is -1.14. The molecule has 2 aromatic carbocycles. The number of ether oxygens (including phenoxy) is 3. The standard InChI is InChI=1S/C26H34N4O6/c1-6-35-22-14-20(15-28-30-26(33)25(32)27-10-7-11-34-5)8-9-21(22)36-16-23(31)29-24-18(3)12-17(2)13-19(24)4/h8-9,12-15H,6-7,10-11,16H2,1-5H3,(H,27,32)(H,29,31)(H,30,33)/b28-15-. The predicted octanol–water partition coefficient (Wildman–Crippen LogP) is 2.63. The fourth-order valence-corrected chi connectivity index (χ4v) is 3.40. The average Bonchev–Trinajstić information content (AvgIpc) is 2.83. The van der Waals surface area contributed by atoms with Gasteiger partial charge in [0.25, 0.3) is 5.91 Å². The number of nitrogens with zero attached hydrogens (tertiary/aromatic N) is 1. The van der Waals surface area contributed by atoms with Crippen molar-refractivity contribution >= 4 is 29.6 Å². The van der Waals surface area contributed by atoms with E-state index in [1.165, 1.54) is 6.21 Å². The summed E-state index contributed by atoms with van der Waals surface area (Å²) in [5, 5.41) is 9.18. The van der Waals surface area contributed by atoms with Gasteiger partial charge in [-0.2, -0.15) is 5.10 Å². The largest absolute Gasteiger partial charge is 0.490 e. The van der Waals surface area contributed by atoms with E-state index in [1.54, 1.807) is 25.3 Å². The van der Waals surface area contributed by atoms with Gasteiger partial charge in [-0.1, -0.05) is 17.7 Å². The highest BCUT2D eigenvalue weighted by molar-refractivity contribution is 6.35. The third-order valence-electron chi connectivity index (χ3n) is 4.96. The highest BCUT2D eigenvalue weighted by Gasteiger charge is 2.13. The van der Waals surface area contributed by atoms with Crippen LogP contribution in [-0.2, 0) is 19.1 Å². The van der Waals surface area contributed by atoms with Gasteiger partial charge < -0.3 is 24.8 Å². The van der Waals surface area contributed by atoms with Gasteiger partial charge in [-0.25, -0.2) is 5.43 Å². The maximum Gasteiger partial charge on any atom is 0.329 e. The molecule has 0 unspecified atom stereocenters. The fraction of sp³-hybridized carbons (Fsp3) is 0.385. The van der Waals surface area contributed by atoms with Gasteiger partial charge in [-0.3, -0.25) is 14.4 Å². The number of aryl methyl sites for hydroxylation is 3. The van der Waals surface area contributed by atoms with Crippen LogP contribution in [0.3, 0.4) is 0 Å². The summed E-state index contributed by atoms with van der Waals surface area (Å²) in [4.78, 5) is 36.0. The number of anilines is 1. The molecule has 0 aliphatic rings. The fourth-order valence-electron chi connectivity index (χ4n) is 3.40. The number of hydrazone groups is 1. The quantitative estimate of drug-likeness (QED) is 0.179. The molecule has 0 heterocycles. The molecule has 0 saturated carbocycles. The van der Waals surface area contributed by atoms with E-state index >= 15 is 0 Å². The molecule has 36 heavy (non-hydrogen) atoms. The second kappa shape index (κ2) is 14.5. The first-order chi connectivity index (χ1) is 17.2. The second-order valence-corrected chi connectivity index (χ2v) is 8.05. The molecule has 10 heteroatoms. The van der Waals surface area contributed by atoms with E-state index in [-0.39, 0.29) is 12.5 Å². The lowest BCUT2D eigenvalue weighted by Crippen LogP contribution is -2.38. The molecule has 194 valence electrons. The zero-order valence-corrected chi connectivity index (χ0v) is 21.4. The van der Waals surface area contributed by atoms with Gasteiger partial charge in [0.1, 0.15) is 0 Å².